The van der Waals surface area contributed by atoms with Crippen LogP contribution in [-0.2, 0) is 11.3 Å². The molecule has 0 bridgehead atoms. The van der Waals surface area contributed by atoms with E-state index in [9.17, 15) is 5.11 Å². The lowest BCUT2D eigenvalue weighted by Gasteiger charge is -2.25. The molecular weight excluding hydrogens is 240 g/mol. The SMILES string of the molecule is CCC(CC)n1ccc(COC2CCC(O)CC2)n1. The highest BCUT2D eigenvalue weighted by Crippen LogP contribution is 2.22. The molecule has 0 amide bonds. The van der Waals surface area contributed by atoms with Crippen molar-refractivity contribution in [3.05, 3.63) is 18.0 Å². The van der Waals surface area contributed by atoms with Crippen LogP contribution in [0.1, 0.15) is 64.1 Å². The number of rotatable bonds is 6. The fourth-order valence-corrected chi connectivity index (χ4v) is 2.74. The molecule has 0 spiro atoms. The van der Waals surface area contributed by atoms with Gasteiger partial charge in [0.15, 0.2) is 0 Å². The molecule has 1 fully saturated rings. The zero-order valence-corrected chi connectivity index (χ0v) is 12.1. The van der Waals surface area contributed by atoms with Crippen LogP contribution in [0.25, 0.3) is 0 Å². The second-order valence-corrected chi connectivity index (χ2v) is 5.50. The van der Waals surface area contributed by atoms with E-state index in [2.05, 4.69) is 35.9 Å². The highest BCUT2D eigenvalue weighted by molar-refractivity contribution is 4.98. The van der Waals surface area contributed by atoms with Gasteiger partial charge in [-0.1, -0.05) is 13.8 Å². The molecule has 0 saturated heterocycles. The summed E-state index contributed by atoms with van der Waals surface area (Å²) in [6.45, 7) is 4.98. The third kappa shape index (κ3) is 4.05. The molecule has 1 aromatic rings. The van der Waals surface area contributed by atoms with Gasteiger partial charge in [-0.2, -0.15) is 5.10 Å². The Kier molecular flexibility index (Phi) is 5.40. The van der Waals surface area contributed by atoms with Gasteiger partial charge in [-0.3, -0.25) is 4.68 Å². The summed E-state index contributed by atoms with van der Waals surface area (Å²) in [5, 5.41) is 14.1. The second-order valence-electron chi connectivity index (χ2n) is 5.50. The zero-order valence-electron chi connectivity index (χ0n) is 12.1. The van der Waals surface area contributed by atoms with Crippen LogP contribution in [0, 0.1) is 0 Å². The van der Waals surface area contributed by atoms with Crippen molar-refractivity contribution >= 4 is 0 Å². The summed E-state index contributed by atoms with van der Waals surface area (Å²) in [7, 11) is 0. The molecule has 0 atom stereocenters. The minimum Gasteiger partial charge on any atom is -0.393 e. The standard InChI is InChI=1S/C15H26N2O2/c1-3-13(4-2)17-10-9-12(16-17)11-19-15-7-5-14(18)6-8-15/h9-10,13-15,18H,3-8,11H2,1-2H3. The fourth-order valence-electron chi connectivity index (χ4n) is 2.74. The lowest BCUT2D eigenvalue weighted by Crippen LogP contribution is -2.24. The van der Waals surface area contributed by atoms with E-state index in [0.29, 0.717) is 18.8 Å². The predicted molar refractivity (Wildman–Crippen MR) is 74.9 cm³/mol. The fraction of sp³-hybridized carbons (Fsp3) is 0.800. The lowest BCUT2D eigenvalue weighted by molar-refractivity contribution is -0.0131. The van der Waals surface area contributed by atoms with Crippen molar-refractivity contribution < 1.29 is 9.84 Å². The summed E-state index contributed by atoms with van der Waals surface area (Å²) in [6, 6.07) is 2.55. The Labute approximate surface area is 115 Å². The van der Waals surface area contributed by atoms with Gasteiger partial charge in [0.1, 0.15) is 0 Å². The number of hydrogen-bond acceptors (Lipinski definition) is 3. The van der Waals surface area contributed by atoms with Crippen LogP contribution in [0.4, 0.5) is 0 Å². The molecule has 0 unspecified atom stereocenters. The van der Waals surface area contributed by atoms with Crippen molar-refractivity contribution in [1.82, 2.24) is 9.78 Å². The van der Waals surface area contributed by atoms with Crippen LogP contribution >= 0.6 is 0 Å². The molecule has 2 rings (SSSR count). The van der Waals surface area contributed by atoms with Crippen LogP contribution in [0.3, 0.4) is 0 Å². The molecule has 1 aliphatic carbocycles. The van der Waals surface area contributed by atoms with Gasteiger partial charge in [-0.05, 0) is 44.6 Å². The van der Waals surface area contributed by atoms with E-state index in [4.69, 9.17) is 4.74 Å². The minimum atomic E-state index is -0.117. The largest absolute Gasteiger partial charge is 0.393 e. The van der Waals surface area contributed by atoms with E-state index in [1.807, 2.05) is 0 Å². The number of nitrogens with zero attached hydrogens (tertiary/aromatic N) is 2. The summed E-state index contributed by atoms with van der Waals surface area (Å²) in [4.78, 5) is 0. The average molecular weight is 266 g/mol. The summed E-state index contributed by atoms with van der Waals surface area (Å²) >= 11 is 0. The molecule has 1 aliphatic rings. The lowest BCUT2D eigenvalue weighted by atomic mass is 9.95. The van der Waals surface area contributed by atoms with Crippen LogP contribution in [0.15, 0.2) is 12.3 Å². The molecule has 1 aromatic heterocycles. The Hall–Kier alpha value is -0.870. The first kappa shape index (κ1) is 14.5. The first-order valence-electron chi connectivity index (χ1n) is 7.56. The summed E-state index contributed by atoms with van der Waals surface area (Å²) in [5.41, 5.74) is 1.01. The van der Waals surface area contributed by atoms with Crippen molar-refractivity contribution in [2.75, 3.05) is 0 Å². The highest BCUT2D eigenvalue weighted by atomic mass is 16.5. The smallest absolute Gasteiger partial charge is 0.0910 e. The van der Waals surface area contributed by atoms with Gasteiger partial charge in [0, 0.05) is 6.20 Å². The van der Waals surface area contributed by atoms with Gasteiger partial charge < -0.3 is 9.84 Å². The molecule has 1 heterocycles. The molecular formula is C15H26N2O2. The minimum absolute atomic E-state index is 0.117. The van der Waals surface area contributed by atoms with E-state index in [0.717, 1.165) is 44.2 Å². The number of ether oxygens (including phenoxy) is 1. The molecule has 0 radical (unpaired) electrons. The summed E-state index contributed by atoms with van der Waals surface area (Å²) in [6.07, 6.45) is 8.12. The Morgan fingerprint density at radius 2 is 2.00 bits per heavy atom. The quantitative estimate of drug-likeness (QED) is 0.860. The Morgan fingerprint density at radius 1 is 1.32 bits per heavy atom. The molecule has 108 valence electrons. The van der Waals surface area contributed by atoms with Gasteiger partial charge in [0.25, 0.3) is 0 Å². The predicted octanol–water partition coefficient (Wildman–Crippen LogP) is 3.06. The molecule has 0 aliphatic heterocycles. The number of hydrogen-bond donors (Lipinski definition) is 1. The van der Waals surface area contributed by atoms with E-state index >= 15 is 0 Å². The monoisotopic (exact) mass is 266 g/mol. The van der Waals surface area contributed by atoms with Crippen LogP contribution in [-0.4, -0.2) is 27.1 Å². The average Bonchev–Trinajstić information content (AvgIpc) is 2.88. The van der Waals surface area contributed by atoms with Gasteiger partial charge in [0.2, 0.25) is 0 Å². The third-order valence-corrected chi connectivity index (χ3v) is 4.09. The van der Waals surface area contributed by atoms with Gasteiger partial charge >= 0.3 is 0 Å². The van der Waals surface area contributed by atoms with Crippen molar-refractivity contribution in [1.29, 1.82) is 0 Å². The van der Waals surface area contributed by atoms with E-state index in [-0.39, 0.29) is 6.10 Å². The zero-order chi connectivity index (χ0) is 13.7. The number of aliphatic hydroxyl groups is 1. The first-order chi connectivity index (χ1) is 9.22. The highest BCUT2D eigenvalue weighted by Gasteiger charge is 2.20. The topological polar surface area (TPSA) is 47.3 Å². The van der Waals surface area contributed by atoms with Crippen LogP contribution < -0.4 is 0 Å². The third-order valence-electron chi connectivity index (χ3n) is 4.09. The van der Waals surface area contributed by atoms with Crippen molar-refractivity contribution in [3.8, 4) is 0 Å². The Morgan fingerprint density at radius 3 is 2.63 bits per heavy atom. The molecule has 1 N–H and O–H groups in total. The second kappa shape index (κ2) is 7.06. The molecule has 4 nitrogen and oxygen atoms in total. The maximum Gasteiger partial charge on any atom is 0.0910 e. The van der Waals surface area contributed by atoms with Crippen molar-refractivity contribution in [2.45, 2.75) is 77.2 Å². The first-order valence-corrected chi connectivity index (χ1v) is 7.56. The van der Waals surface area contributed by atoms with Crippen molar-refractivity contribution in [2.24, 2.45) is 0 Å². The molecule has 0 aromatic carbocycles. The van der Waals surface area contributed by atoms with E-state index in [1.54, 1.807) is 0 Å². The Bertz CT molecular complexity index is 366. The van der Waals surface area contributed by atoms with E-state index < -0.39 is 0 Å². The van der Waals surface area contributed by atoms with Gasteiger partial charge in [-0.15, -0.1) is 0 Å². The normalized spacial score (nSPS) is 24.0. The van der Waals surface area contributed by atoms with Crippen LogP contribution in [0.5, 0.6) is 0 Å². The molecule has 1 saturated carbocycles. The molecule has 4 heteroatoms. The Balaban J connectivity index is 1.80. The van der Waals surface area contributed by atoms with Gasteiger partial charge in [0.05, 0.1) is 30.6 Å². The summed E-state index contributed by atoms with van der Waals surface area (Å²) in [5.74, 6) is 0. The van der Waals surface area contributed by atoms with E-state index in [1.165, 1.54) is 0 Å². The molecule has 19 heavy (non-hydrogen) atoms. The van der Waals surface area contributed by atoms with Crippen molar-refractivity contribution in [3.63, 3.8) is 0 Å². The maximum atomic E-state index is 9.46. The number of aliphatic hydroxyl groups excluding tert-OH is 1. The van der Waals surface area contributed by atoms with Gasteiger partial charge in [-0.25, -0.2) is 0 Å². The number of aromatic nitrogens is 2. The summed E-state index contributed by atoms with van der Waals surface area (Å²) < 4.78 is 7.95. The maximum absolute atomic E-state index is 9.46. The van der Waals surface area contributed by atoms with Crippen LogP contribution in [0.2, 0.25) is 0 Å².